The number of aryl methyl sites for hydroxylation is 2. The van der Waals surface area contributed by atoms with E-state index in [0.717, 1.165) is 41.4 Å². The fraction of sp³-hybridized carbons (Fsp3) is 0.385. The van der Waals surface area contributed by atoms with Gasteiger partial charge in [-0.3, -0.25) is 0 Å². The molecule has 0 radical (unpaired) electrons. The molecule has 2 aromatic rings. The predicted octanol–water partition coefficient (Wildman–Crippen LogP) is 2.28. The van der Waals surface area contributed by atoms with Crippen LogP contribution in [0.2, 0.25) is 0 Å². The van der Waals surface area contributed by atoms with Crippen LogP contribution < -0.4 is 5.73 Å². The molecule has 0 atom stereocenters. The van der Waals surface area contributed by atoms with Crippen molar-refractivity contribution < 1.29 is 0 Å². The third kappa shape index (κ3) is 2.02. The zero-order valence-electron chi connectivity index (χ0n) is 10.6. The Kier molecular flexibility index (Phi) is 3.13. The molecule has 0 bridgehead atoms. The lowest BCUT2D eigenvalue weighted by molar-refractivity contribution is 0.769. The molecular weight excluding hydrogens is 212 g/mol. The molecule has 0 spiro atoms. The molecule has 0 aliphatic heterocycles. The Bertz CT molecular complexity index is 528. The maximum absolute atomic E-state index is 6.09. The van der Waals surface area contributed by atoms with E-state index in [-0.39, 0.29) is 0 Å². The normalized spacial score (nSPS) is 10.8. The zero-order chi connectivity index (χ0) is 12.4. The van der Waals surface area contributed by atoms with E-state index in [2.05, 4.69) is 23.9 Å². The van der Waals surface area contributed by atoms with Gasteiger partial charge in [0.1, 0.15) is 0 Å². The number of nitrogens with two attached hydrogens (primary N) is 1. The van der Waals surface area contributed by atoms with E-state index < -0.39 is 0 Å². The largest absolute Gasteiger partial charge is 0.396 e. The first-order valence-corrected chi connectivity index (χ1v) is 5.97. The van der Waals surface area contributed by atoms with Gasteiger partial charge in [-0.25, -0.2) is 9.67 Å². The number of hydrogen-bond acceptors (Lipinski definition) is 3. The van der Waals surface area contributed by atoms with Crippen molar-refractivity contribution in [2.75, 3.05) is 5.73 Å². The molecule has 17 heavy (non-hydrogen) atoms. The van der Waals surface area contributed by atoms with E-state index >= 15 is 0 Å². The minimum absolute atomic E-state index is 0.804. The summed E-state index contributed by atoms with van der Waals surface area (Å²) in [5.74, 6) is 0.841. The van der Waals surface area contributed by atoms with Crippen molar-refractivity contribution in [1.82, 2.24) is 14.8 Å². The summed E-state index contributed by atoms with van der Waals surface area (Å²) < 4.78 is 1.86. The molecule has 0 aliphatic carbocycles. The highest BCUT2D eigenvalue weighted by molar-refractivity contribution is 5.51. The van der Waals surface area contributed by atoms with Gasteiger partial charge in [-0.15, -0.1) is 0 Å². The summed E-state index contributed by atoms with van der Waals surface area (Å²) in [6.07, 6.45) is 1.70. The van der Waals surface area contributed by atoms with Gasteiger partial charge in [0, 0.05) is 5.69 Å². The molecule has 0 saturated carbocycles. The molecular formula is C13H18N4. The number of rotatable bonds is 3. The second kappa shape index (κ2) is 4.57. The number of nitrogen functional groups attached to an aromatic ring is 1. The lowest BCUT2D eigenvalue weighted by Crippen LogP contribution is -2.05. The highest BCUT2D eigenvalue weighted by Gasteiger charge is 2.14. The smallest absolute Gasteiger partial charge is 0.153 e. The Balaban J connectivity index is 2.58. The molecule has 0 fully saturated rings. The first-order chi connectivity index (χ1) is 8.17. The summed E-state index contributed by atoms with van der Waals surface area (Å²) in [5, 5.41) is 4.54. The second-order valence-corrected chi connectivity index (χ2v) is 4.06. The molecule has 4 heteroatoms. The van der Waals surface area contributed by atoms with Crippen molar-refractivity contribution in [3.63, 3.8) is 0 Å². The van der Waals surface area contributed by atoms with Gasteiger partial charge in [-0.1, -0.05) is 19.9 Å². The molecule has 0 aromatic carbocycles. The van der Waals surface area contributed by atoms with Crippen molar-refractivity contribution >= 4 is 5.69 Å². The maximum Gasteiger partial charge on any atom is 0.153 e. The Morgan fingerprint density at radius 1 is 1.24 bits per heavy atom. The van der Waals surface area contributed by atoms with Crippen LogP contribution in [0.15, 0.2) is 18.2 Å². The summed E-state index contributed by atoms with van der Waals surface area (Å²) in [5.41, 5.74) is 9.87. The zero-order valence-corrected chi connectivity index (χ0v) is 10.6. The molecule has 0 amide bonds. The van der Waals surface area contributed by atoms with Crippen LogP contribution in [0.4, 0.5) is 5.69 Å². The molecule has 0 aliphatic rings. The summed E-state index contributed by atoms with van der Waals surface area (Å²) in [4.78, 5) is 4.49. The molecule has 0 saturated heterocycles. The number of aromatic nitrogens is 3. The van der Waals surface area contributed by atoms with Crippen LogP contribution in [0.1, 0.15) is 30.9 Å². The van der Waals surface area contributed by atoms with Crippen LogP contribution in [0.25, 0.3) is 5.82 Å². The summed E-state index contributed by atoms with van der Waals surface area (Å²) in [7, 11) is 0. The number of anilines is 1. The van der Waals surface area contributed by atoms with Crippen molar-refractivity contribution in [1.29, 1.82) is 0 Å². The van der Waals surface area contributed by atoms with E-state index in [1.165, 1.54) is 0 Å². The Morgan fingerprint density at radius 2 is 2.00 bits per heavy atom. The third-order valence-corrected chi connectivity index (χ3v) is 2.86. The Morgan fingerprint density at radius 3 is 2.59 bits per heavy atom. The van der Waals surface area contributed by atoms with Gasteiger partial charge in [0.15, 0.2) is 5.82 Å². The first-order valence-electron chi connectivity index (χ1n) is 5.97. The van der Waals surface area contributed by atoms with E-state index in [1.807, 2.05) is 29.8 Å². The minimum atomic E-state index is 0.804. The molecule has 2 N–H and O–H groups in total. The second-order valence-electron chi connectivity index (χ2n) is 4.06. The standard InChI is InChI=1S/C13H18N4/c1-4-10-13(14)11(5-2)17(16-10)12-8-6-7-9(3)15-12/h6-8H,4-5,14H2,1-3H3. The predicted molar refractivity (Wildman–Crippen MR) is 69.3 cm³/mol. The van der Waals surface area contributed by atoms with E-state index in [0.29, 0.717) is 0 Å². The SMILES string of the molecule is CCc1nn(-c2cccc(C)n2)c(CC)c1N. The molecule has 2 rings (SSSR count). The van der Waals surface area contributed by atoms with Gasteiger partial charge in [0.05, 0.1) is 17.1 Å². The first kappa shape index (κ1) is 11.6. The highest BCUT2D eigenvalue weighted by atomic mass is 15.3. The number of hydrogen-bond donors (Lipinski definition) is 1. The molecule has 2 heterocycles. The van der Waals surface area contributed by atoms with Gasteiger partial charge >= 0.3 is 0 Å². The average Bonchev–Trinajstić information content (AvgIpc) is 2.65. The summed E-state index contributed by atoms with van der Waals surface area (Å²) in [6, 6.07) is 5.92. The topological polar surface area (TPSA) is 56.7 Å². The molecule has 4 nitrogen and oxygen atoms in total. The van der Waals surface area contributed by atoms with Crippen LogP contribution >= 0.6 is 0 Å². The highest BCUT2D eigenvalue weighted by Crippen LogP contribution is 2.21. The summed E-state index contributed by atoms with van der Waals surface area (Å²) >= 11 is 0. The van der Waals surface area contributed by atoms with Crippen molar-refractivity contribution in [2.24, 2.45) is 0 Å². The van der Waals surface area contributed by atoms with E-state index in [1.54, 1.807) is 0 Å². The van der Waals surface area contributed by atoms with Gasteiger partial charge in [0.25, 0.3) is 0 Å². The van der Waals surface area contributed by atoms with Crippen LogP contribution in [0.3, 0.4) is 0 Å². The third-order valence-electron chi connectivity index (χ3n) is 2.86. The van der Waals surface area contributed by atoms with Gasteiger partial charge in [-0.2, -0.15) is 5.10 Å². The lowest BCUT2D eigenvalue weighted by Gasteiger charge is -2.05. The maximum atomic E-state index is 6.09. The number of nitrogens with zero attached hydrogens (tertiary/aromatic N) is 3. The molecule has 0 unspecified atom stereocenters. The Labute approximate surface area is 101 Å². The van der Waals surface area contributed by atoms with Crippen molar-refractivity contribution in [2.45, 2.75) is 33.6 Å². The molecule has 90 valence electrons. The lowest BCUT2D eigenvalue weighted by atomic mass is 10.2. The quantitative estimate of drug-likeness (QED) is 0.880. The van der Waals surface area contributed by atoms with Crippen molar-refractivity contribution in [3.05, 3.63) is 35.3 Å². The van der Waals surface area contributed by atoms with Gasteiger partial charge in [-0.05, 0) is 31.9 Å². The Hall–Kier alpha value is -1.84. The van der Waals surface area contributed by atoms with Crippen LogP contribution in [-0.2, 0) is 12.8 Å². The van der Waals surface area contributed by atoms with Crippen LogP contribution in [0, 0.1) is 6.92 Å². The van der Waals surface area contributed by atoms with Crippen molar-refractivity contribution in [3.8, 4) is 5.82 Å². The minimum Gasteiger partial charge on any atom is -0.396 e. The van der Waals surface area contributed by atoms with E-state index in [4.69, 9.17) is 5.73 Å². The van der Waals surface area contributed by atoms with Crippen LogP contribution in [-0.4, -0.2) is 14.8 Å². The van der Waals surface area contributed by atoms with E-state index in [9.17, 15) is 0 Å². The van der Waals surface area contributed by atoms with Gasteiger partial charge in [0.2, 0.25) is 0 Å². The monoisotopic (exact) mass is 230 g/mol. The average molecular weight is 230 g/mol. The fourth-order valence-electron chi connectivity index (χ4n) is 1.95. The molecule has 2 aromatic heterocycles. The summed E-state index contributed by atoms with van der Waals surface area (Å²) in [6.45, 7) is 6.12. The number of pyridine rings is 1. The van der Waals surface area contributed by atoms with Gasteiger partial charge < -0.3 is 5.73 Å². The fourth-order valence-corrected chi connectivity index (χ4v) is 1.95. The van der Waals surface area contributed by atoms with Crippen LogP contribution in [0.5, 0.6) is 0 Å².